The van der Waals surface area contributed by atoms with E-state index in [4.69, 9.17) is 12.2 Å². The van der Waals surface area contributed by atoms with Gasteiger partial charge in [-0.2, -0.15) is 0 Å². The van der Waals surface area contributed by atoms with Gasteiger partial charge in [-0.25, -0.2) is 4.39 Å². The van der Waals surface area contributed by atoms with Crippen LogP contribution in [0.1, 0.15) is 12.6 Å². The summed E-state index contributed by atoms with van der Waals surface area (Å²) in [6, 6.07) is 10.3. The largest absolute Gasteiger partial charge is 0.334 e. The summed E-state index contributed by atoms with van der Waals surface area (Å²) >= 11 is 5.44. The Morgan fingerprint density at radius 3 is 2.62 bits per heavy atom. The molecule has 0 aliphatic heterocycles. The summed E-state index contributed by atoms with van der Waals surface area (Å²) in [5, 5.41) is 0. The molecule has 0 bridgehead atoms. The van der Waals surface area contributed by atoms with Crippen LogP contribution in [0, 0.1) is 10.6 Å². The molecule has 1 aromatic carbocycles. The Balaban J connectivity index is 2.28. The molecule has 0 fully saturated rings. The van der Waals surface area contributed by atoms with Gasteiger partial charge in [0, 0.05) is 17.5 Å². The fourth-order valence-corrected chi connectivity index (χ4v) is 2.70. The maximum absolute atomic E-state index is 13.2. The second-order valence-corrected chi connectivity index (χ2v) is 5.05. The highest BCUT2D eigenvalue weighted by molar-refractivity contribution is 7.71. The summed E-state index contributed by atoms with van der Waals surface area (Å²) in [6.07, 6.45) is 4.29. The topological polar surface area (TPSA) is 33.6 Å². The number of aromatic amines is 1. The van der Waals surface area contributed by atoms with Crippen molar-refractivity contribution in [1.82, 2.24) is 14.5 Å². The average molecular weight is 299 g/mol. The number of aromatic nitrogens is 3. The molecule has 0 spiro atoms. The van der Waals surface area contributed by atoms with E-state index in [1.165, 1.54) is 12.1 Å². The number of nitrogens with zero attached hydrogens (tertiary/aromatic N) is 2. The molecule has 2 heterocycles. The van der Waals surface area contributed by atoms with Gasteiger partial charge in [0.1, 0.15) is 5.82 Å². The first-order valence-corrected chi connectivity index (χ1v) is 7.11. The van der Waals surface area contributed by atoms with Crippen molar-refractivity contribution < 1.29 is 4.39 Å². The van der Waals surface area contributed by atoms with E-state index in [9.17, 15) is 4.39 Å². The molecule has 0 aliphatic rings. The van der Waals surface area contributed by atoms with Gasteiger partial charge in [0.15, 0.2) is 4.77 Å². The zero-order valence-corrected chi connectivity index (χ0v) is 12.3. The van der Waals surface area contributed by atoms with E-state index >= 15 is 0 Å². The zero-order valence-electron chi connectivity index (χ0n) is 11.5. The molecule has 3 aromatic rings. The van der Waals surface area contributed by atoms with Gasteiger partial charge in [0.2, 0.25) is 0 Å². The van der Waals surface area contributed by atoms with Crippen LogP contribution in [0.5, 0.6) is 0 Å². The summed E-state index contributed by atoms with van der Waals surface area (Å²) in [7, 11) is 0. The van der Waals surface area contributed by atoms with Crippen LogP contribution in [0.3, 0.4) is 0 Å². The fourth-order valence-electron chi connectivity index (χ4n) is 2.38. The first-order chi connectivity index (χ1) is 10.2. The van der Waals surface area contributed by atoms with Crippen molar-refractivity contribution in [3.8, 4) is 16.9 Å². The van der Waals surface area contributed by atoms with Crippen LogP contribution in [0.15, 0.2) is 48.8 Å². The maximum Gasteiger partial charge on any atom is 0.182 e. The molecule has 2 aromatic heterocycles. The van der Waals surface area contributed by atoms with Crippen molar-refractivity contribution in [3.05, 3.63) is 65.1 Å². The van der Waals surface area contributed by atoms with Crippen LogP contribution in [-0.4, -0.2) is 14.5 Å². The second kappa shape index (κ2) is 5.61. The summed E-state index contributed by atoms with van der Waals surface area (Å²) in [6.45, 7) is 2.06. The Hall–Kier alpha value is -2.27. The van der Waals surface area contributed by atoms with Gasteiger partial charge in [-0.05, 0) is 55.0 Å². The minimum Gasteiger partial charge on any atom is -0.334 e. The number of pyridine rings is 1. The zero-order chi connectivity index (χ0) is 14.8. The molecule has 5 heteroatoms. The van der Waals surface area contributed by atoms with E-state index in [0.717, 1.165) is 29.1 Å². The Kier molecular flexibility index (Phi) is 3.66. The molecular weight excluding hydrogens is 285 g/mol. The van der Waals surface area contributed by atoms with Crippen molar-refractivity contribution >= 4 is 12.2 Å². The minimum atomic E-state index is -0.251. The molecule has 106 valence electrons. The Morgan fingerprint density at radius 2 is 2.00 bits per heavy atom. The number of imidazole rings is 1. The number of nitrogens with one attached hydrogen (secondary N) is 1. The van der Waals surface area contributed by atoms with Gasteiger partial charge >= 0.3 is 0 Å². The van der Waals surface area contributed by atoms with E-state index in [1.54, 1.807) is 24.5 Å². The highest BCUT2D eigenvalue weighted by Crippen LogP contribution is 2.27. The van der Waals surface area contributed by atoms with Crippen LogP contribution in [0.2, 0.25) is 0 Å². The summed E-state index contributed by atoms with van der Waals surface area (Å²) in [4.78, 5) is 7.38. The summed E-state index contributed by atoms with van der Waals surface area (Å²) in [5.41, 5.74) is 3.79. The smallest absolute Gasteiger partial charge is 0.182 e. The number of hydrogen-bond donors (Lipinski definition) is 1. The number of benzene rings is 1. The summed E-state index contributed by atoms with van der Waals surface area (Å²) < 4.78 is 15.7. The molecule has 0 unspecified atom stereocenters. The summed E-state index contributed by atoms with van der Waals surface area (Å²) in [5.74, 6) is -0.251. The van der Waals surface area contributed by atoms with E-state index in [0.29, 0.717) is 4.77 Å². The monoisotopic (exact) mass is 299 g/mol. The van der Waals surface area contributed by atoms with E-state index in [1.807, 2.05) is 16.7 Å². The van der Waals surface area contributed by atoms with Crippen LogP contribution in [0.4, 0.5) is 4.39 Å². The van der Waals surface area contributed by atoms with Crippen molar-refractivity contribution in [1.29, 1.82) is 0 Å². The molecule has 3 rings (SSSR count). The molecule has 0 saturated heterocycles. The lowest BCUT2D eigenvalue weighted by atomic mass is 10.1. The van der Waals surface area contributed by atoms with E-state index < -0.39 is 0 Å². The number of aryl methyl sites for hydroxylation is 1. The van der Waals surface area contributed by atoms with Crippen LogP contribution in [0.25, 0.3) is 16.9 Å². The lowest BCUT2D eigenvalue weighted by Crippen LogP contribution is -1.98. The normalized spacial score (nSPS) is 10.8. The van der Waals surface area contributed by atoms with Crippen LogP contribution >= 0.6 is 12.2 Å². The third-order valence-corrected chi connectivity index (χ3v) is 3.63. The highest BCUT2D eigenvalue weighted by Gasteiger charge is 2.14. The molecule has 21 heavy (non-hydrogen) atoms. The fraction of sp³-hybridized carbons (Fsp3) is 0.125. The van der Waals surface area contributed by atoms with Crippen molar-refractivity contribution in [2.75, 3.05) is 0 Å². The highest BCUT2D eigenvalue weighted by atomic mass is 32.1. The van der Waals surface area contributed by atoms with Gasteiger partial charge in [-0.3, -0.25) is 9.55 Å². The first kappa shape index (κ1) is 13.7. The van der Waals surface area contributed by atoms with Gasteiger partial charge in [-0.1, -0.05) is 6.92 Å². The minimum absolute atomic E-state index is 0.251. The van der Waals surface area contributed by atoms with Crippen molar-refractivity contribution in [2.24, 2.45) is 0 Å². The van der Waals surface area contributed by atoms with E-state index in [-0.39, 0.29) is 5.82 Å². The molecule has 3 nitrogen and oxygen atoms in total. The molecule has 0 radical (unpaired) electrons. The van der Waals surface area contributed by atoms with Gasteiger partial charge < -0.3 is 4.98 Å². The first-order valence-electron chi connectivity index (χ1n) is 6.71. The number of rotatable bonds is 3. The van der Waals surface area contributed by atoms with Crippen molar-refractivity contribution in [3.63, 3.8) is 0 Å². The quantitative estimate of drug-likeness (QED) is 0.732. The van der Waals surface area contributed by atoms with Gasteiger partial charge in [-0.15, -0.1) is 0 Å². The second-order valence-electron chi connectivity index (χ2n) is 4.66. The predicted octanol–water partition coefficient (Wildman–Crippen LogP) is 4.30. The van der Waals surface area contributed by atoms with Crippen LogP contribution < -0.4 is 0 Å². The maximum atomic E-state index is 13.2. The Bertz CT molecular complexity index is 804. The number of H-pyrrole nitrogens is 1. The van der Waals surface area contributed by atoms with E-state index in [2.05, 4.69) is 16.9 Å². The Morgan fingerprint density at radius 1 is 1.24 bits per heavy atom. The van der Waals surface area contributed by atoms with Crippen LogP contribution in [-0.2, 0) is 6.42 Å². The molecule has 0 aliphatic carbocycles. The van der Waals surface area contributed by atoms with Gasteiger partial charge in [0.05, 0.1) is 17.6 Å². The average Bonchev–Trinajstić information content (AvgIpc) is 2.85. The van der Waals surface area contributed by atoms with Crippen molar-refractivity contribution in [2.45, 2.75) is 13.3 Å². The Labute approximate surface area is 127 Å². The molecule has 1 N–H and O–H groups in total. The molecule has 0 atom stereocenters. The lowest BCUT2D eigenvalue weighted by Gasteiger charge is -2.10. The predicted molar refractivity (Wildman–Crippen MR) is 83.5 cm³/mol. The SMILES string of the molecule is CCc1[nH]c(=S)n(-c2cccnc2)c1-c1ccc(F)cc1. The van der Waals surface area contributed by atoms with Gasteiger partial charge in [0.25, 0.3) is 0 Å². The standard InChI is InChI=1S/C16H14FN3S/c1-2-14-15(11-5-7-12(17)8-6-11)20(16(21)19-14)13-4-3-9-18-10-13/h3-10H,2H2,1H3,(H,19,21). The molecule has 0 saturated carbocycles. The third-order valence-electron chi connectivity index (χ3n) is 3.35. The third kappa shape index (κ3) is 2.52. The number of halogens is 1. The molecule has 0 amide bonds. The lowest BCUT2D eigenvalue weighted by molar-refractivity contribution is 0.628. The molecular formula is C16H14FN3S. The number of hydrogen-bond acceptors (Lipinski definition) is 2.